The number of hydrogen-bond donors (Lipinski definition) is 3. The number of aromatic amines is 1. The molecule has 1 heterocycles. The lowest BCUT2D eigenvalue weighted by molar-refractivity contribution is 0.267. The highest BCUT2D eigenvalue weighted by atomic mass is 16.5. The summed E-state index contributed by atoms with van der Waals surface area (Å²) in [5.41, 5.74) is 6.74. The molecule has 0 saturated heterocycles. The second kappa shape index (κ2) is 5.73. The third kappa shape index (κ3) is 2.69. The fraction of sp³-hybridized carbons (Fsp3) is 0.0588. The minimum absolute atomic E-state index is 0.141. The van der Waals surface area contributed by atoms with E-state index in [-0.39, 0.29) is 17.1 Å². The van der Waals surface area contributed by atoms with Crippen molar-refractivity contribution in [2.45, 2.75) is 6.10 Å². The Morgan fingerprint density at radius 1 is 1.09 bits per heavy atom. The lowest BCUT2D eigenvalue weighted by Gasteiger charge is -2.17. The number of benzene rings is 2. The van der Waals surface area contributed by atoms with E-state index in [1.54, 1.807) is 18.2 Å². The van der Waals surface area contributed by atoms with Crippen LogP contribution in [-0.2, 0) is 0 Å². The Hall–Kier alpha value is -3.08. The van der Waals surface area contributed by atoms with Gasteiger partial charge in [-0.05, 0) is 17.7 Å². The minimum Gasteiger partial charge on any atom is -0.472 e. The molecule has 0 aliphatic heterocycles. The summed E-state index contributed by atoms with van der Waals surface area (Å²) in [5.74, 6) is -0.0125. The quantitative estimate of drug-likeness (QED) is 0.510. The average Bonchev–Trinajstić information content (AvgIpc) is 2.53. The van der Waals surface area contributed by atoms with E-state index in [1.165, 1.54) is 0 Å². The molecule has 110 valence electrons. The molecule has 1 aromatic heterocycles. The fourth-order valence-electron chi connectivity index (χ4n) is 2.28. The third-order valence-corrected chi connectivity index (χ3v) is 3.35. The highest BCUT2D eigenvalue weighted by molar-refractivity contribution is 5.84. The van der Waals surface area contributed by atoms with Crippen molar-refractivity contribution in [2.24, 2.45) is 5.73 Å². The minimum atomic E-state index is -0.788. The number of aromatic nitrogens is 1. The van der Waals surface area contributed by atoms with Crippen LogP contribution in [0, 0.1) is 5.41 Å². The van der Waals surface area contributed by atoms with Gasteiger partial charge in [-0.2, -0.15) is 0 Å². The molecule has 0 bridgehead atoms. The molecule has 2 aromatic carbocycles. The Balaban J connectivity index is 2.02. The van der Waals surface area contributed by atoms with Gasteiger partial charge < -0.3 is 15.5 Å². The van der Waals surface area contributed by atoms with Crippen LogP contribution >= 0.6 is 0 Å². The predicted octanol–water partition coefficient (Wildman–Crippen LogP) is 2.58. The molecule has 0 fully saturated rings. The third-order valence-electron chi connectivity index (χ3n) is 3.35. The molecule has 0 spiro atoms. The number of fused-ring (bicyclic) bond motifs is 1. The zero-order valence-corrected chi connectivity index (χ0v) is 11.7. The molecule has 5 heteroatoms. The average molecular weight is 293 g/mol. The predicted molar refractivity (Wildman–Crippen MR) is 86.3 cm³/mol. The topological polar surface area (TPSA) is 92.0 Å². The van der Waals surface area contributed by atoms with Gasteiger partial charge in [-0.3, -0.25) is 10.2 Å². The van der Waals surface area contributed by atoms with Gasteiger partial charge in [-0.1, -0.05) is 48.5 Å². The molecule has 1 atom stereocenters. The highest BCUT2D eigenvalue weighted by Crippen LogP contribution is 2.21. The van der Waals surface area contributed by atoms with Crippen LogP contribution in [0.15, 0.2) is 65.5 Å². The van der Waals surface area contributed by atoms with E-state index in [0.29, 0.717) is 0 Å². The van der Waals surface area contributed by atoms with Crippen LogP contribution in [0.25, 0.3) is 10.9 Å². The van der Waals surface area contributed by atoms with Gasteiger partial charge >= 0.3 is 0 Å². The van der Waals surface area contributed by atoms with Crippen LogP contribution in [0.3, 0.4) is 0 Å². The van der Waals surface area contributed by atoms with E-state index in [4.69, 9.17) is 15.9 Å². The molecule has 3 aromatic rings. The van der Waals surface area contributed by atoms with Crippen molar-refractivity contribution in [3.8, 4) is 5.75 Å². The maximum atomic E-state index is 12.1. The summed E-state index contributed by atoms with van der Waals surface area (Å²) in [6.07, 6.45) is -0.788. The summed E-state index contributed by atoms with van der Waals surface area (Å²) in [6.45, 7) is 0. The summed E-state index contributed by atoms with van der Waals surface area (Å²) < 4.78 is 5.71. The lowest BCUT2D eigenvalue weighted by atomic mass is 10.1. The molecule has 1 unspecified atom stereocenters. The van der Waals surface area contributed by atoms with Gasteiger partial charge in [-0.15, -0.1) is 0 Å². The number of pyridine rings is 1. The Morgan fingerprint density at radius 3 is 2.50 bits per heavy atom. The van der Waals surface area contributed by atoms with E-state index in [2.05, 4.69) is 4.98 Å². The first kappa shape index (κ1) is 13.9. The number of rotatable bonds is 4. The Labute approximate surface area is 126 Å². The Kier molecular flexibility index (Phi) is 3.62. The van der Waals surface area contributed by atoms with Gasteiger partial charge in [0.1, 0.15) is 5.84 Å². The van der Waals surface area contributed by atoms with Crippen molar-refractivity contribution in [3.05, 3.63) is 76.6 Å². The van der Waals surface area contributed by atoms with Crippen LogP contribution in [-0.4, -0.2) is 10.8 Å². The summed E-state index contributed by atoms with van der Waals surface area (Å²) >= 11 is 0. The maximum Gasteiger partial charge on any atom is 0.290 e. The van der Waals surface area contributed by atoms with Crippen LogP contribution in [0.1, 0.15) is 11.7 Å². The van der Waals surface area contributed by atoms with Crippen molar-refractivity contribution in [3.63, 3.8) is 0 Å². The normalized spacial score (nSPS) is 12.0. The molecule has 0 aliphatic carbocycles. The zero-order valence-electron chi connectivity index (χ0n) is 11.7. The summed E-state index contributed by atoms with van der Waals surface area (Å²) in [4.78, 5) is 14.9. The Bertz CT molecular complexity index is 872. The zero-order chi connectivity index (χ0) is 15.5. The molecule has 5 nitrogen and oxygen atoms in total. The van der Waals surface area contributed by atoms with Crippen molar-refractivity contribution < 1.29 is 4.74 Å². The standard InChI is InChI=1S/C17H15N3O2/c18-16(19)15(11-6-2-1-3-7-11)22-14-10-12-8-4-5-9-13(12)20-17(14)21/h1-10,15H,(H3,18,19)(H,20,21). The van der Waals surface area contributed by atoms with Crippen molar-refractivity contribution in [1.82, 2.24) is 4.98 Å². The van der Waals surface area contributed by atoms with Gasteiger partial charge in [0.05, 0.1) is 0 Å². The van der Waals surface area contributed by atoms with Crippen molar-refractivity contribution in [2.75, 3.05) is 0 Å². The van der Waals surface area contributed by atoms with E-state index < -0.39 is 6.10 Å². The SMILES string of the molecule is N=C(N)C(Oc1cc2ccccc2[nH]c1=O)c1ccccc1. The van der Waals surface area contributed by atoms with E-state index in [1.807, 2.05) is 42.5 Å². The summed E-state index contributed by atoms with van der Waals surface area (Å²) in [7, 11) is 0. The molecule has 0 aliphatic rings. The lowest BCUT2D eigenvalue weighted by Crippen LogP contribution is -2.27. The van der Waals surface area contributed by atoms with Gasteiger partial charge in [0, 0.05) is 10.9 Å². The number of amidine groups is 1. The van der Waals surface area contributed by atoms with E-state index >= 15 is 0 Å². The monoisotopic (exact) mass is 293 g/mol. The number of para-hydroxylation sites is 1. The molecular formula is C17H15N3O2. The molecule has 0 amide bonds. The number of hydrogen-bond acceptors (Lipinski definition) is 3. The maximum absolute atomic E-state index is 12.1. The Morgan fingerprint density at radius 2 is 1.77 bits per heavy atom. The van der Waals surface area contributed by atoms with Crippen LogP contribution in [0.4, 0.5) is 0 Å². The second-order valence-corrected chi connectivity index (χ2v) is 4.91. The second-order valence-electron chi connectivity index (χ2n) is 4.91. The summed E-state index contributed by atoms with van der Waals surface area (Å²) in [6, 6.07) is 18.2. The largest absolute Gasteiger partial charge is 0.472 e. The first-order chi connectivity index (χ1) is 10.6. The number of H-pyrrole nitrogens is 1. The fourth-order valence-corrected chi connectivity index (χ4v) is 2.28. The number of ether oxygens (including phenoxy) is 1. The smallest absolute Gasteiger partial charge is 0.290 e. The molecule has 3 rings (SSSR count). The van der Waals surface area contributed by atoms with Crippen molar-refractivity contribution >= 4 is 16.7 Å². The molecule has 22 heavy (non-hydrogen) atoms. The van der Waals surface area contributed by atoms with Gasteiger partial charge in [0.25, 0.3) is 5.56 Å². The first-order valence-electron chi connectivity index (χ1n) is 6.83. The van der Waals surface area contributed by atoms with Crippen LogP contribution < -0.4 is 16.0 Å². The van der Waals surface area contributed by atoms with Gasteiger partial charge in [0.15, 0.2) is 11.9 Å². The van der Waals surface area contributed by atoms with Gasteiger partial charge in [0.2, 0.25) is 0 Å². The molecule has 4 N–H and O–H groups in total. The number of nitrogens with one attached hydrogen (secondary N) is 2. The first-order valence-corrected chi connectivity index (χ1v) is 6.83. The van der Waals surface area contributed by atoms with Crippen LogP contribution in [0.2, 0.25) is 0 Å². The highest BCUT2D eigenvalue weighted by Gasteiger charge is 2.18. The number of nitrogens with two attached hydrogens (primary N) is 1. The molecule has 0 saturated carbocycles. The van der Waals surface area contributed by atoms with Crippen molar-refractivity contribution in [1.29, 1.82) is 5.41 Å². The van der Waals surface area contributed by atoms with Crippen LogP contribution in [0.5, 0.6) is 5.75 Å². The summed E-state index contributed by atoms with van der Waals surface area (Å²) in [5, 5.41) is 8.57. The molecule has 0 radical (unpaired) electrons. The molecular weight excluding hydrogens is 278 g/mol. The van der Waals surface area contributed by atoms with E-state index in [9.17, 15) is 4.79 Å². The van der Waals surface area contributed by atoms with E-state index in [0.717, 1.165) is 16.5 Å². The van der Waals surface area contributed by atoms with Gasteiger partial charge in [-0.25, -0.2) is 0 Å².